The van der Waals surface area contributed by atoms with Crippen molar-refractivity contribution >= 4 is 5.91 Å². The quantitative estimate of drug-likeness (QED) is 0.775. The van der Waals surface area contributed by atoms with Crippen LogP contribution in [0.5, 0.6) is 0 Å². The van der Waals surface area contributed by atoms with Gasteiger partial charge in [-0.05, 0) is 19.9 Å². The largest absolute Gasteiger partial charge is 0.375 e. The molecule has 24 heavy (non-hydrogen) atoms. The Morgan fingerprint density at radius 2 is 1.96 bits per heavy atom. The van der Waals surface area contributed by atoms with Gasteiger partial charge in [-0.2, -0.15) is 0 Å². The first-order valence-electron chi connectivity index (χ1n) is 8.01. The molecule has 2 aliphatic heterocycles. The van der Waals surface area contributed by atoms with Gasteiger partial charge in [0.25, 0.3) is 0 Å². The molecule has 1 aromatic rings. The third-order valence-electron chi connectivity index (χ3n) is 4.79. The fourth-order valence-electron chi connectivity index (χ4n) is 3.46. The third kappa shape index (κ3) is 3.15. The molecule has 3 unspecified atom stereocenters. The summed E-state index contributed by atoms with van der Waals surface area (Å²) in [6, 6.07) is 1.21. The maximum absolute atomic E-state index is 13.8. The maximum atomic E-state index is 13.8. The van der Waals surface area contributed by atoms with Crippen LogP contribution in [0, 0.1) is 17.5 Å². The Morgan fingerprint density at radius 1 is 1.25 bits per heavy atom. The van der Waals surface area contributed by atoms with Crippen molar-refractivity contribution in [2.75, 3.05) is 19.7 Å². The Bertz CT molecular complexity index is 654. The molecule has 132 valence electrons. The van der Waals surface area contributed by atoms with Gasteiger partial charge in [0.2, 0.25) is 5.91 Å². The number of rotatable bonds is 2. The average Bonchev–Trinajstić information content (AvgIpc) is 2.84. The van der Waals surface area contributed by atoms with Gasteiger partial charge in [-0.1, -0.05) is 0 Å². The van der Waals surface area contributed by atoms with E-state index in [4.69, 9.17) is 9.47 Å². The van der Waals surface area contributed by atoms with Crippen LogP contribution in [-0.2, 0) is 20.7 Å². The molecule has 2 saturated heterocycles. The summed E-state index contributed by atoms with van der Waals surface area (Å²) in [6.07, 6.45) is 0.0419. The molecule has 2 fully saturated rings. The van der Waals surface area contributed by atoms with Crippen molar-refractivity contribution in [2.45, 2.75) is 44.5 Å². The van der Waals surface area contributed by atoms with Crippen LogP contribution in [0.2, 0.25) is 0 Å². The molecular formula is C17H20F3NO3. The summed E-state index contributed by atoms with van der Waals surface area (Å²) < 4.78 is 51.7. The van der Waals surface area contributed by atoms with Gasteiger partial charge in [-0.15, -0.1) is 0 Å². The highest BCUT2D eigenvalue weighted by molar-refractivity contribution is 5.79. The topological polar surface area (TPSA) is 38.8 Å². The molecule has 3 rings (SSSR count). The molecule has 0 radical (unpaired) electrons. The molecule has 2 heterocycles. The predicted octanol–water partition coefficient (Wildman–Crippen LogP) is 2.44. The summed E-state index contributed by atoms with van der Waals surface area (Å²) in [5, 5.41) is 0. The minimum absolute atomic E-state index is 0.143. The van der Waals surface area contributed by atoms with Crippen molar-refractivity contribution in [1.82, 2.24) is 4.90 Å². The maximum Gasteiger partial charge on any atom is 0.227 e. The van der Waals surface area contributed by atoms with Gasteiger partial charge in [-0.25, -0.2) is 13.2 Å². The lowest BCUT2D eigenvalue weighted by Crippen LogP contribution is -2.59. The van der Waals surface area contributed by atoms with E-state index in [9.17, 15) is 18.0 Å². The van der Waals surface area contributed by atoms with Crippen LogP contribution in [0.15, 0.2) is 12.1 Å². The highest BCUT2D eigenvalue weighted by Gasteiger charge is 2.48. The zero-order valence-electron chi connectivity index (χ0n) is 13.7. The number of carbonyl (C=O) groups is 1. The summed E-state index contributed by atoms with van der Waals surface area (Å²) in [7, 11) is 0. The van der Waals surface area contributed by atoms with Gasteiger partial charge in [0.15, 0.2) is 11.6 Å². The van der Waals surface area contributed by atoms with E-state index in [1.54, 1.807) is 4.90 Å². The van der Waals surface area contributed by atoms with Gasteiger partial charge < -0.3 is 14.4 Å². The Balaban J connectivity index is 1.76. The van der Waals surface area contributed by atoms with Crippen molar-refractivity contribution < 1.29 is 27.4 Å². The van der Waals surface area contributed by atoms with Crippen LogP contribution in [0.3, 0.4) is 0 Å². The molecule has 0 bridgehead atoms. The first-order chi connectivity index (χ1) is 11.3. The third-order valence-corrected chi connectivity index (χ3v) is 4.79. The molecule has 7 heteroatoms. The number of amides is 1. The number of carbonyl (C=O) groups excluding carboxylic acids is 1. The Hall–Kier alpha value is -1.60. The van der Waals surface area contributed by atoms with E-state index in [1.165, 1.54) is 0 Å². The molecule has 2 aliphatic rings. The van der Waals surface area contributed by atoms with Crippen molar-refractivity contribution in [3.63, 3.8) is 0 Å². The van der Waals surface area contributed by atoms with Crippen LogP contribution in [0.1, 0.15) is 25.8 Å². The number of hydrogen-bond donors (Lipinski definition) is 0. The van der Waals surface area contributed by atoms with E-state index in [2.05, 4.69) is 0 Å². The first kappa shape index (κ1) is 17.2. The molecule has 0 saturated carbocycles. The highest BCUT2D eigenvalue weighted by atomic mass is 19.2. The minimum atomic E-state index is -1.26. The lowest BCUT2D eigenvalue weighted by atomic mass is 9.92. The number of benzene rings is 1. The smallest absolute Gasteiger partial charge is 0.227 e. The van der Waals surface area contributed by atoms with E-state index in [-0.39, 0.29) is 30.1 Å². The summed E-state index contributed by atoms with van der Waals surface area (Å²) in [5.74, 6) is -3.69. The highest BCUT2D eigenvalue weighted by Crippen LogP contribution is 2.35. The fraction of sp³-hybridized carbons (Fsp3) is 0.588. The molecule has 3 atom stereocenters. The summed E-state index contributed by atoms with van der Waals surface area (Å²) in [5.41, 5.74) is -0.706. The second kappa shape index (κ2) is 6.37. The number of morpholine rings is 1. The lowest BCUT2D eigenvalue weighted by Gasteiger charge is -2.45. The molecule has 1 spiro atoms. The number of ether oxygens (including phenoxy) is 2. The minimum Gasteiger partial charge on any atom is -0.375 e. The molecule has 0 N–H and O–H groups in total. The van der Waals surface area contributed by atoms with E-state index < -0.39 is 23.1 Å². The Kier molecular flexibility index (Phi) is 4.57. The number of hydrogen-bond acceptors (Lipinski definition) is 3. The number of nitrogens with zero attached hydrogens (tertiary/aromatic N) is 1. The molecule has 0 aliphatic carbocycles. The van der Waals surface area contributed by atoms with E-state index >= 15 is 0 Å². The predicted molar refractivity (Wildman–Crippen MR) is 79.9 cm³/mol. The molecular weight excluding hydrogens is 323 g/mol. The van der Waals surface area contributed by atoms with Gasteiger partial charge >= 0.3 is 0 Å². The first-order valence-corrected chi connectivity index (χ1v) is 8.01. The standard InChI is InChI=1S/C17H20F3NO3/c1-10-8-21(9-17(24-10)3-4-23-11(17)2)16(22)6-12-5-14(19)15(20)7-13(12)18/h5,7,10-11H,3-4,6,8-9H2,1-2H3. The van der Waals surface area contributed by atoms with E-state index in [1.807, 2.05) is 13.8 Å². The summed E-state index contributed by atoms with van der Waals surface area (Å²) >= 11 is 0. The summed E-state index contributed by atoms with van der Waals surface area (Å²) in [4.78, 5) is 14.2. The average molecular weight is 343 g/mol. The van der Waals surface area contributed by atoms with Crippen LogP contribution in [0.25, 0.3) is 0 Å². The van der Waals surface area contributed by atoms with Crippen molar-refractivity contribution in [3.05, 3.63) is 35.1 Å². The monoisotopic (exact) mass is 343 g/mol. The van der Waals surface area contributed by atoms with Crippen LogP contribution in [0.4, 0.5) is 13.2 Å². The molecule has 4 nitrogen and oxygen atoms in total. The zero-order valence-corrected chi connectivity index (χ0v) is 13.7. The van der Waals surface area contributed by atoms with Gasteiger partial charge in [0.05, 0.1) is 25.2 Å². The summed E-state index contributed by atoms with van der Waals surface area (Å²) in [6.45, 7) is 5.06. The Morgan fingerprint density at radius 3 is 2.62 bits per heavy atom. The lowest BCUT2D eigenvalue weighted by molar-refractivity contribution is -0.178. The normalized spacial score (nSPS) is 30.1. The SMILES string of the molecule is CC1CN(C(=O)Cc2cc(F)c(F)cc2F)CC2(CCOC2C)O1. The van der Waals surface area contributed by atoms with Gasteiger partial charge in [0, 0.05) is 31.2 Å². The van der Waals surface area contributed by atoms with Crippen LogP contribution in [-0.4, -0.2) is 48.3 Å². The van der Waals surface area contributed by atoms with Gasteiger partial charge in [-0.3, -0.25) is 4.79 Å². The molecule has 1 aromatic carbocycles. The second-order valence-corrected chi connectivity index (χ2v) is 6.57. The van der Waals surface area contributed by atoms with Crippen molar-refractivity contribution in [2.24, 2.45) is 0 Å². The number of halogens is 3. The van der Waals surface area contributed by atoms with E-state index in [0.29, 0.717) is 32.2 Å². The zero-order chi connectivity index (χ0) is 17.5. The van der Waals surface area contributed by atoms with Crippen molar-refractivity contribution in [1.29, 1.82) is 0 Å². The van der Waals surface area contributed by atoms with E-state index in [0.717, 1.165) is 6.07 Å². The van der Waals surface area contributed by atoms with Crippen molar-refractivity contribution in [3.8, 4) is 0 Å². The van der Waals surface area contributed by atoms with Crippen LogP contribution >= 0.6 is 0 Å². The molecule has 0 aromatic heterocycles. The van der Waals surface area contributed by atoms with Crippen LogP contribution < -0.4 is 0 Å². The van der Waals surface area contributed by atoms with Gasteiger partial charge in [0.1, 0.15) is 11.4 Å². The fourth-order valence-corrected chi connectivity index (χ4v) is 3.46. The Labute approximate surface area is 138 Å². The molecule has 1 amide bonds. The second-order valence-electron chi connectivity index (χ2n) is 6.57.